The average molecular weight is 288 g/mol. The Morgan fingerprint density at radius 3 is 2.95 bits per heavy atom. The Bertz CT molecular complexity index is 578. The molecular formula is C14H16N4OS. The summed E-state index contributed by atoms with van der Waals surface area (Å²) in [6.07, 6.45) is 6.08. The molecule has 2 aromatic rings. The van der Waals surface area contributed by atoms with E-state index in [2.05, 4.69) is 20.1 Å². The van der Waals surface area contributed by atoms with E-state index in [0.717, 1.165) is 30.6 Å². The molecule has 0 unspecified atom stereocenters. The van der Waals surface area contributed by atoms with Gasteiger partial charge in [0.15, 0.2) is 0 Å². The lowest BCUT2D eigenvalue weighted by Crippen LogP contribution is -2.49. The quantitative estimate of drug-likeness (QED) is 0.845. The summed E-state index contributed by atoms with van der Waals surface area (Å²) in [5.41, 5.74) is 0. The van der Waals surface area contributed by atoms with Crippen molar-refractivity contribution in [3.63, 3.8) is 0 Å². The molecule has 0 aromatic carbocycles. The van der Waals surface area contributed by atoms with Crippen molar-refractivity contribution in [2.24, 2.45) is 5.92 Å². The lowest BCUT2D eigenvalue weighted by Gasteiger charge is -2.38. The summed E-state index contributed by atoms with van der Waals surface area (Å²) in [7, 11) is 0. The zero-order valence-corrected chi connectivity index (χ0v) is 11.9. The summed E-state index contributed by atoms with van der Waals surface area (Å²) >= 11 is 1.76. The van der Waals surface area contributed by atoms with Crippen LogP contribution >= 0.6 is 11.3 Å². The van der Waals surface area contributed by atoms with Crippen molar-refractivity contribution in [2.45, 2.75) is 18.8 Å². The molecule has 0 N–H and O–H groups in total. The molecule has 2 aliphatic rings. The van der Waals surface area contributed by atoms with Crippen molar-refractivity contribution in [3.05, 3.63) is 29.5 Å². The monoisotopic (exact) mass is 288 g/mol. The van der Waals surface area contributed by atoms with Gasteiger partial charge in [0, 0.05) is 31.1 Å². The largest absolute Gasteiger partial charge is 0.492 e. The van der Waals surface area contributed by atoms with E-state index in [0.29, 0.717) is 11.8 Å². The zero-order chi connectivity index (χ0) is 13.4. The molecule has 0 spiro atoms. The first-order chi connectivity index (χ1) is 9.88. The summed E-state index contributed by atoms with van der Waals surface area (Å²) in [4.78, 5) is 6.33. The van der Waals surface area contributed by atoms with Gasteiger partial charge in [-0.1, -0.05) is 11.3 Å². The van der Waals surface area contributed by atoms with E-state index < -0.39 is 0 Å². The van der Waals surface area contributed by atoms with Gasteiger partial charge in [0.1, 0.15) is 10.8 Å². The third-order valence-corrected chi connectivity index (χ3v) is 4.85. The van der Waals surface area contributed by atoms with Crippen LogP contribution in [0.1, 0.15) is 23.8 Å². The van der Waals surface area contributed by atoms with E-state index in [1.54, 1.807) is 23.7 Å². The van der Waals surface area contributed by atoms with Crippen LogP contribution in [0.25, 0.3) is 0 Å². The van der Waals surface area contributed by atoms with Gasteiger partial charge in [-0.2, -0.15) is 0 Å². The Kier molecular flexibility index (Phi) is 3.03. The average Bonchev–Trinajstić information content (AvgIpc) is 3.18. The fourth-order valence-electron chi connectivity index (χ4n) is 2.33. The molecule has 20 heavy (non-hydrogen) atoms. The molecule has 0 radical (unpaired) electrons. The van der Waals surface area contributed by atoms with Gasteiger partial charge in [-0.25, -0.2) is 0 Å². The molecule has 4 rings (SSSR count). The topological polar surface area (TPSA) is 51.1 Å². The van der Waals surface area contributed by atoms with E-state index in [9.17, 15) is 0 Å². The lowest BCUT2D eigenvalue weighted by molar-refractivity contribution is 0.220. The minimum absolute atomic E-state index is 0.573. The van der Waals surface area contributed by atoms with E-state index >= 15 is 0 Å². The Morgan fingerprint density at radius 1 is 1.30 bits per heavy atom. The molecule has 1 aliphatic carbocycles. The van der Waals surface area contributed by atoms with Gasteiger partial charge in [0.25, 0.3) is 0 Å². The van der Waals surface area contributed by atoms with E-state index in [-0.39, 0.29) is 0 Å². The maximum atomic E-state index is 5.73. The molecule has 6 heteroatoms. The Hall–Kier alpha value is -1.69. The molecular weight excluding hydrogens is 272 g/mol. The van der Waals surface area contributed by atoms with Gasteiger partial charge < -0.3 is 9.64 Å². The molecule has 0 amide bonds. The number of ether oxygens (including phenoxy) is 1. The van der Waals surface area contributed by atoms with E-state index in [4.69, 9.17) is 4.74 Å². The van der Waals surface area contributed by atoms with Crippen LogP contribution in [0.2, 0.25) is 0 Å². The van der Waals surface area contributed by atoms with Gasteiger partial charge in [0.2, 0.25) is 5.13 Å². The summed E-state index contributed by atoms with van der Waals surface area (Å²) < 4.78 is 5.73. The van der Waals surface area contributed by atoms with Crippen LogP contribution in [0.5, 0.6) is 5.75 Å². The minimum Gasteiger partial charge on any atom is -0.492 e. The molecule has 0 bridgehead atoms. The number of pyridine rings is 1. The highest BCUT2D eigenvalue weighted by atomic mass is 32.1. The molecule has 1 aliphatic heterocycles. The number of hydrogen-bond acceptors (Lipinski definition) is 6. The molecule has 3 heterocycles. The normalized spacial score (nSPS) is 18.9. The van der Waals surface area contributed by atoms with Gasteiger partial charge >= 0.3 is 0 Å². The lowest BCUT2D eigenvalue weighted by atomic mass is 10.0. The number of aromatic nitrogens is 3. The number of rotatable bonds is 5. The van der Waals surface area contributed by atoms with Gasteiger partial charge in [-0.15, -0.1) is 10.2 Å². The van der Waals surface area contributed by atoms with E-state index in [1.807, 2.05) is 12.1 Å². The van der Waals surface area contributed by atoms with Crippen molar-refractivity contribution in [1.29, 1.82) is 0 Å². The van der Waals surface area contributed by atoms with Crippen LogP contribution in [-0.4, -0.2) is 34.9 Å². The zero-order valence-electron chi connectivity index (χ0n) is 11.1. The first-order valence-corrected chi connectivity index (χ1v) is 7.81. The van der Waals surface area contributed by atoms with Crippen molar-refractivity contribution in [3.8, 4) is 5.75 Å². The first kappa shape index (κ1) is 12.1. The van der Waals surface area contributed by atoms with Crippen LogP contribution < -0.4 is 9.64 Å². The summed E-state index contributed by atoms with van der Waals surface area (Å²) in [6.45, 7) is 2.77. The molecule has 104 valence electrons. The molecule has 2 fully saturated rings. The summed E-state index contributed by atoms with van der Waals surface area (Å²) in [5, 5.41) is 10.9. The van der Waals surface area contributed by atoms with Gasteiger partial charge in [-0.3, -0.25) is 4.98 Å². The highest BCUT2D eigenvalue weighted by Gasteiger charge is 2.32. The predicted molar refractivity (Wildman–Crippen MR) is 77.3 cm³/mol. The molecule has 2 aromatic heterocycles. The van der Waals surface area contributed by atoms with Crippen LogP contribution in [0, 0.1) is 5.92 Å². The third-order valence-electron chi connectivity index (χ3n) is 3.70. The Labute approximate surface area is 121 Å². The number of hydrogen-bond donors (Lipinski definition) is 0. The fourth-order valence-corrected chi connectivity index (χ4v) is 3.36. The molecule has 1 saturated carbocycles. The number of nitrogens with zero attached hydrogens (tertiary/aromatic N) is 4. The maximum Gasteiger partial charge on any atom is 0.208 e. The van der Waals surface area contributed by atoms with Crippen molar-refractivity contribution >= 4 is 16.5 Å². The van der Waals surface area contributed by atoms with Crippen molar-refractivity contribution in [1.82, 2.24) is 15.2 Å². The maximum absolute atomic E-state index is 5.73. The van der Waals surface area contributed by atoms with Crippen molar-refractivity contribution < 1.29 is 4.74 Å². The van der Waals surface area contributed by atoms with Gasteiger partial charge in [0.05, 0.1) is 12.8 Å². The Morgan fingerprint density at radius 2 is 2.20 bits per heavy atom. The second kappa shape index (κ2) is 5.01. The third kappa shape index (κ3) is 2.47. The van der Waals surface area contributed by atoms with E-state index in [1.165, 1.54) is 17.8 Å². The van der Waals surface area contributed by atoms with Crippen LogP contribution in [0.4, 0.5) is 5.13 Å². The van der Waals surface area contributed by atoms with Crippen LogP contribution in [0.3, 0.4) is 0 Å². The highest BCUT2D eigenvalue weighted by Crippen LogP contribution is 2.43. The summed E-state index contributed by atoms with van der Waals surface area (Å²) in [6, 6.07) is 3.83. The van der Waals surface area contributed by atoms with Crippen molar-refractivity contribution in [2.75, 3.05) is 24.6 Å². The van der Waals surface area contributed by atoms with Crippen LogP contribution in [0.15, 0.2) is 24.5 Å². The van der Waals surface area contributed by atoms with Crippen LogP contribution in [-0.2, 0) is 0 Å². The standard InChI is InChI=1S/C14H16N4OS/c1-2-12(6-15-5-1)19-9-10-7-18(8-10)14-17-16-13(20-14)11-3-4-11/h1-2,5-6,10-11H,3-4,7-9H2. The summed E-state index contributed by atoms with van der Waals surface area (Å²) in [5.74, 6) is 2.12. The van der Waals surface area contributed by atoms with Gasteiger partial charge in [-0.05, 0) is 25.0 Å². The second-order valence-electron chi connectivity index (χ2n) is 5.47. The molecule has 1 saturated heterocycles. The smallest absolute Gasteiger partial charge is 0.208 e. The first-order valence-electron chi connectivity index (χ1n) is 6.99. The highest BCUT2D eigenvalue weighted by molar-refractivity contribution is 7.15. The fraction of sp³-hybridized carbons (Fsp3) is 0.500. The minimum atomic E-state index is 0.573. The Balaban J connectivity index is 1.26. The second-order valence-corrected chi connectivity index (χ2v) is 6.46. The SMILES string of the molecule is c1cncc(OCC2CN(c3nnc(C4CC4)s3)C2)c1. The predicted octanol–water partition coefficient (Wildman–Crippen LogP) is 2.33. The number of anilines is 1. The molecule has 5 nitrogen and oxygen atoms in total. The molecule has 0 atom stereocenters.